The number of methoxy groups -OCH3 is 1. The summed E-state index contributed by atoms with van der Waals surface area (Å²) >= 11 is 2.03. The molecule has 1 aliphatic rings. The van der Waals surface area contributed by atoms with Gasteiger partial charge in [0.05, 0.1) is 13.7 Å². The second kappa shape index (κ2) is 9.55. The van der Waals surface area contributed by atoms with Gasteiger partial charge >= 0.3 is 0 Å². The lowest BCUT2D eigenvalue weighted by molar-refractivity contribution is 0.373. The van der Waals surface area contributed by atoms with Crippen LogP contribution in [0.5, 0.6) is 11.5 Å². The Kier molecular flexibility index (Phi) is 7.39. The number of aliphatic imine (C=N–C) groups is 1. The Bertz CT molecular complexity index is 517. The van der Waals surface area contributed by atoms with Gasteiger partial charge in [0, 0.05) is 18.3 Å². The average Bonchev–Trinajstić information content (AvgIpc) is 3.07. The highest BCUT2D eigenvalue weighted by molar-refractivity contribution is 8.00. The summed E-state index contributed by atoms with van der Waals surface area (Å²) in [6.07, 6.45) is 3.44. The number of nitrogens with one attached hydrogen (secondary N) is 2. The third-order valence-corrected chi connectivity index (χ3v) is 5.15. The number of phenolic OH excluding ortho intramolecular Hbond substituents is 1. The number of benzene rings is 1. The van der Waals surface area contributed by atoms with E-state index in [4.69, 9.17) is 4.74 Å². The van der Waals surface area contributed by atoms with E-state index in [1.165, 1.54) is 18.6 Å². The van der Waals surface area contributed by atoms with Crippen LogP contribution in [0.4, 0.5) is 0 Å². The van der Waals surface area contributed by atoms with Crippen molar-refractivity contribution < 1.29 is 9.84 Å². The summed E-state index contributed by atoms with van der Waals surface area (Å²) in [5, 5.41) is 17.0. The lowest BCUT2D eigenvalue weighted by Gasteiger charge is -2.13. The summed E-state index contributed by atoms with van der Waals surface area (Å²) in [5.74, 6) is 2.84. The van der Waals surface area contributed by atoms with Gasteiger partial charge in [0.1, 0.15) is 0 Å². The number of phenols is 1. The van der Waals surface area contributed by atoms with Crippen LogP contribution in [0, 0.1) is 0 Å². The van der Waals surface area contributed by atoms with Crippen LogP contribution in [0.25, 0.3) is 0 Å². The molecule has 1 aliphatic heterocycles. The molecule has 3 N–H and O–H groups in total. The molecule has 6 heteroatoms. The number of hydrogen-bond acceptors (Lipinski definition) is 4. The van der Waals surface area contributed by atoms with E-state index in [1.807, 2.05) is 23.9 Å². The molecule has 1 aromatic carbocycles. The first kappa shape index (κ1) is 17.8. The van der Waals surface area contributed by atoms with E-state index < -0.39 is 0 Å². The molecule has 1 fully saturated rings. The molecule has 5 nitrogen and oxygen atoms in total. The first-order valence-electron chi connectivity index (χ1n) is 8.22. The molecule has 128 valence electrons. The van der Waals surface area contributed by atoms with Gasteiger partial charge in [-0.2, -0.15) is 11.8 Å². The molecule has 0 spiro atoms. The molecule has 23 heavy (non-hydrogen) atoms. The summed E-state index contributed by atoms with van der Waals surface area (Å²) in [4.78, 5) is 4.68. The maximum absolute atomic E-state index is 9.62. The van der Waals surface area contributed by atoms with Crippen molar-refractivity contribution >= 4 is 17.7 Å². The first-order valence-corrected chi connectivity index (χ1v) is 9.27. The van der Waals surface area contributed by atoms with Gasteiger partial charge in [0.15, 0.2) is 17.5 Å². The van der Waals surface area contributed by atoms with Gasteiger partial charge in [-0.25, -0.2) is 0 Å². The van der Waals surface area contributed by atoms with Crippen LogP contribution in [0.3, 0.4) is 0 Å². The largest absolute Gasteiger partial charge is 0.504 e. The standard InChI is InChI=1S/C17H27N3O2S/c1-3-18-17(20-12-14-5-4-10-23-14)19-9-8-13-6-7-15(21)16(11-13)22-2/h6-7,11,14,21H,3-5,8-10,12H2,1-2H3,(H2,18,19,20). The minimum absolute atomic E-state index is 0.174. The van der Waals surface area contributed by atoms with Crippen molar-refractivity contribution in [1.82, 2.24) is 10.6 Å². The molecule has 0 radical (unpaired) electrons. The van der Waals surface area contributed by atoms with Crippen LogP contribution in [-0.4, -0.2) is 48.8 Å². The fraction of sp³-hybridized carbons (Fsp3) is 0.588. The predicted molar refractivity (Wildman–Crippen MR) is 97.8 cm³/mol. The molecule has 1 saturated heterocycles. The van der Waals surface area contributed by atoms with Crippen LogP contribution in [0.1, 0.15) is 25.3 Å². The second-order valence-corrected chi connectivity index (χ2v) is 6.95. The maximum atomic E-state index is 9.62. The van der Waals surface area contributed by atoms with Crippen molar-refractivity contribution in [2.75, 3.05) is 32.5 Å². The molecule has 0 amide bonds. The highest BCUT2D eigenvalue weighted by atomic mass is 32.2. The number of rotatable bonds is 7. The van der Waals surface area contributed by atoms with Crippen molar-refractivity contribution in [3.05, 3.63) is 23.8 Å². The quantitative estimate of drug-likeness (QED) is 0.527. The van der Waals surface area contributed by atoms with Crippen LogP contribution >= 0.6 is 11.8 Å². The van der Waals surface area contributed by atoms with E-state index >= 15 is 0 Å². The zero-order chi connectivity index (χ0) is 16.5. The lowest BCUT2D eigenvalue weighted by atomic mass is 10.1. The van der Waals surface area contributed by atoms with Crippen molar-refractivity contribution in [2.24, 2.45) is 4.99 Å². The van der Waals surface area contributed by atoms with E-state index in [1.54, 1.807) is 13.2 Å². The molecule has 0 saturated carbocycles. The van der Waals surface area contributed by atoms with E-state index in [2.05, 4.69) is 22.5 Å². The van der Waals surface area contributed by atoms with Crippen molar-refractivity contribution in [1.29, 1.82) is 0 Å². The van der Waals surface area contributed by atoms with E-state index in [9.17, 15) is 5.11 Å². The normalized spacial score (nSPS) is 18.0. The minimum Gasteiger partial charge on any atom is -0.504 e. The average molecular weight is 337 g/mol. The molecule has 1 unspecified atom stereocenters. The number of thioether (sulfide) groups is 1. The van der Waals surface area contributed by atoms with Crippen LogP contribution in [0.2, 0.25) is 0 Å². The molecule has 0 aliphatic carbocycles. The van der Waals surface area contributed by atoms with Crippen molar-refractivity contribution in [2.45, 2.75) is 31.4 Å². The van der Waals surface area contributed by atoms with Gasteiger partial charge in [-0.1, -0.05) is 6.07 Å². The second-order valence-electron chi connectivity index (χ2n) is 5.54. The Hall–Kier alpha value is -1.56. The van der Waals surface area contributed by atoms with Crippen LogP contribution < -0.4 is 15.4 Å². The Labute approximate surface area is 142 Å². The topological polar surface area (TPSA) is 65.9 Å². The van der Waals surface area contributed by atoms with Gasteiger partial charge in [-0.05, 0) is 49.6 Å². The third-order valence-electron chi connectivity index (χ3n) is 3.77. The molecule has 2 rings (SSSR count). The van der Waals surface area contributed by atoms with Crippen LogP contribution in [0.15, 0.2) is 23.2 Å². The molecule has 0 aromatic heterocycles. The Morgan fingerprint density at radius 1 is 1.43 bits per heavy atom. The highest BCUT2D eigenvalue weighted by Gasteiger charge is 2.14. The van der Waals surface area contributed by atoms with Gasteiger partial charge in [0.2, 0.25) is 0 Å². The zero-order valence-electron chi connectivity index (χ0n) is 14.0. The van der Waals surface area contributed by atoms with Crippen LogP contribution in [-0.2, 0) is 6.42 Å². The molecule has 0 bridgehead atoms. The SMILES string of the molecule is CCNC(=NCC1CCCS1)NCCc1ccc(O)c(OC)c1. The molecular weight excluding hydrogens is 310 g/mol. The van der Waals surface area contributed by atoms with Gasteiger partial charge in [0.25, 0.3) is 0 Å². The number of hydrogen-bond donors (Lipinski definition) is 3. The first-order chi connectivity index (χ1) is 11.2. The highest BCUT2D eigenvalue weighted by Crippen LogP contribution is 2.26. The lowest BCUT2D eigenvalue weighted by Crippen LogP contribution is -2.38. The number of guanidine groups is 1. The Morgan fingerprint density at radius 3 is 3.00 bits per heavy atom. The van der Waals surface area contributed by atoms with E-state index in [0.29, 0.717) is 11.0 Å². The van der Waals surface area contributed by atoms with Crippen molar-refractivity contribution in [3.63, 3.8) is 0 Å². The summed E-state index contributed by atoms with van der Waals surface area (Å²) in [5.41, 5.74) is 1.12. The maximum Gasteiger partial charge on any atom is 0.191 e. The minimum atomic E-state index is 0.174. The van der Waals surface area contributed by atoms with E-state index in [-0.39, 0.29) is 5.75 Å². The molecule has 1 heterocycles. The zero-order valence-corrected chi connectivity index (χ0v) is 14.8. The Morgan fingerprint density at radius 2 is 2.30 bits per heavy atom. The number of nitrogens with zero attached hydrogens (tertiary/aromatic N) is 1. The van der Waals surface area contributed by atoms with Crippen molar-refractivity contribution in [3.8, 4) is 11.5 Å². The van der Waals surface area contributed by atoms with E-state index in [0.717, 1.165) is 37.6 Å². The smallest absolute Gasteiger partial charge is 0.191 e. The monoisotopic (exact) mass is 337 g/mol. The van der Waals surface area contributed by atoms with Gasteiger partial charge < -0.3 is 20.5 Å². The Balaban J connectivity index is 1.82. The number of ether oxygens (including phenoxy) is 1. The summed E-state index contributed by atoms with van der Waals surface area (Å²) in [6, 6.07) is 5.46. The fourth-order valence-electron chi connectivity index (χ4n) is 2.53. The molecule has 1 atom stereocenters. The predicted octanol–water partition coefficient (Wildman–Crippen LogP) is 2.39. The summed E-state index contributed by atoms with van der Waals surface area (Å²) in [6.45, 7) is 4.60. The third kappa shape index (κ3) is 5.86. The van der Waals surface area contributed by atoms with Gasteiger partial charge in [-0.15, -0.1) is 0 Å². The molecular formula is C17H27N3O2S. The summed E-state index contributed by atoms with van der Waals surface area (Å²) < 4.78 is 5.14. The number of aromatic hydroxyl groups is 1. The summed E-state index contributed by atoms with van der Waals surface area (Å²) in [7, 11) is 1.56. The molecule has 1 aromatic rings. The fourth-order valence-corrected chi connectivity index (χ4v) is 3.71. The van der Waals surface area contributed by atoms with Gasteiger partial charge in [-0.3, -0.25) is 4.99 Å².